The van der Waals surface area contributed by atoms with Gasteiger partial charge in [0.15, 0.2) is 0 Å². The number of benzene rings is 1. The predicted molar refractivity (Wildman–Crippen MR) is 95.1 cm³/mol. The van der Waals surface area contributed by atoms with Crippen LogP contribution in [0.2, 0.25) is 0 Å². The van der Waals surface area contributed by atoms with Gasteiger partial charge in [0.2, 0.25) is 11.8 Å². The molecule has 5 heteroatoms. The second kappa shape index (κ2) is 8.18. The third kappa shape index (κ3) is 4.49. The molecule has 1 aliphatic rings. The van der Waals surface area contributed by atoms with Crippen molar-refractivity contribution in [3.8, 4) is 5.75 Å². The van der Waals surface area contributed by atoms with E-state index >= 15 is 0 Å². The first-order valence-electron chi connectivity index (χ1n) is 8.66. The van der Waals surface area contributed by atoms with Crippen molar-refractivity contribution in [3.05, 3.63) is 24.3 Å². The molecule has 1 aliphatic heterocycles. The highest BCUT2D eigenvalue weighted by Crippen LogP contribution is 2.32. The van der Waals surface area contributed by atoms with Gasteiger partial charge < -0.3 is 15.0 Å². The molecular formula is C19H28N2O3. The number of methoxy groups -OCH3 is 1. The van der Waals surface area contributed by atoms with Crippen LogP contribution < -0.4 is 15.0 Å². The van der Waals surface area contributed by atoms with Crippen molar-refractivity contribution in [2.75, 3.05) is 18.6 Å². The average molecular weight is 332 g/mol. The average Bonchev–Trinajstić information content (AvgIpc) is 2.94. The van der Waals surface area contributed by atoms with Crippen LogP contribution in [0.1, 0.15) is 40.0 Å². The first kappa shape index (κ1) is 18.3. The van der Waals surface area contributed by atoms with Crippen LogP contribution in [0.5, 0.6) is 5.75 Å². The van der Waals surface area contributed by atoms with Crippen molar-refractivity contribution in [2.24, 2.45) is 11.8 Å². The summed E-state index contributed by atoms with van der Waals surface area (Å²) in [5, 5.41) is 3.05. The molecular weight excluding hydrogens is 304 g/mol. The van der Waals surface area contributed by atoms with Crippen LogP contribution in [0.4, 0.5) is 5.69 Å². The number of para-hydroxylation sites is 2. The first-order valence-corrected chi connectivity index (χ1v) is 8.66. The maximum Gasteiger partial charge on any atom is 0.227 e. The third-order valence-electron chi connectivity index (χ3n) is 4.44. The second-order valence-corrected chi connectivity index (χ2v) is 6.96. The van der Waals surface area contributed by atoms with Crippen LogP contribution >= 0.6 is 0 Å². The maximum absolute atomic E-state index is 12.5. The molecule has 132 valence electrons. The fourth-order valence-electron chi connectivity index (χ4n) is 2.99. The Balaban J connectivity index is 1.97. The summed E-state index contributed by atoms with van der Waals surface area (Å²) in [7, 11) is 1.58. The van der Waals surface area contributed by atoms with Gasteiger partial charge in [-0.15, -0.1) is 0 Å². The fraction of sp³-hybridized carbons (Fsp3) is 0.579. The standard InChI is InChI=1S/C19H28N2O3/c1-13(2)9-10-14(3)20-19(23)15-11-18(22)21(12-15)16-7-5-6-8-17(16)24-4/h5-8,13-15H,9-12H2,1-4H3,(H,20,23). The molecule has 0 saturated carbocycles. The van der Waals surface area contributed by atoms with Gasteiger partial charge in [-0.3, -0.25) is 9.59 Å². The number of nitrogens with zero attached hydrogens (tertiary/aromatic N) is 1. The molecule has 1 saturated heterocycles. The topological polar surface area (TPSA) is 58.6 Å². The minimum absolute atomic E-state index is 0.0306. The van der Waals surface area contributed by atoms with Gasteiger partial charge in [-0.05, 0) is 37.8 Å². The minimum Gasteiger partial charge on any atom is -0.495 e. The highest BCUT2D eigenvalue weighted by atomic mass is 16.5. The Bertz CT molecular complexity index is 586. The van der Waals surface area contributed by atoms with Gasteiger partial charge in [-0.25, -0.2) is 0 Å². The quantitative estimate of drug-likeness (QED) is 0.835. The second-order valence-electron chi connectivity index (χ2n) is 6.96. The number of nitrogens with one attached hydrogen (secondary N) is 1. The zero-order chi connectivity index (χ0) is 17.7. The van der Waals surface area contributed by atoms with E-state index in [0.29, 0.717) is 18.2 Å². The van der Waals surface area contributed by atoms with E-state index in [1.54, 1.807) is 12.0 Å². The van der Waals surface area contributed by atoms with E-state index in [0.717, 1.165) is 18.5 Å². The van der Waals surface area contributed by atoms with Crippen molar-refractivity contribution in [1.82, 2.24) is 5.32 Å². The third-order valence-corrected chi connectivity index (χ3v) is 4.44. The van der Waals surface area contributed by atoms with Gasteiger partial charge in [0, 0.05) is 19.0 Å². The monoisotopic (exact) mass is 332 g/mol. The lowest BCUT2D eigenvalue weighted by atomic mass is 10.0. The summed E-state index contributed by atoms with van der Waals surface area (Å²) in [6.07, 6.45) is 2.29. The molecule has 24 heavy (non-hydrogen) atoms. The lowest BCUT2D eigenvalue weighted by Gasteiger charge is -2.20. The van der Waals surface area contributed by atoms with E-state index in [1.165, 1.54) is 0 Å². The largest absolute Gasteiger partial charge is 0.495 e. The summed E-state index contributed by atoms with van der Waals surface area (Å²) in [6, 6.07) is 7.54. The van der Waals surface area contributed by atoms with Crippen LogP contribution in [0, 0.1) is 11.8 Å². The Labute approximate surface area is 144 Å². The molecule has 1 fully saturated rings. The van der Waals surface area contributed by atoms with Gasteiger partial charge in [0.1, 0.15) is 5.75 Å². The number of carbonyl (C=O) groups excluding carboxylic acids is 2. The van der Waals surface area contributed by atoms with Crippen molar-refractivity contribution in [1.29, 1.82) is 0 Å². The summed E-state index contributed by atoms with van der Waals surface area (Å²) >= 11 is 0. The summed E-state index contributed by atoms with van der Waals surface area (Å²) in [6.45, 7) is 6.78. The molecule has 0 spiro atoms. The molecule has 0 radical (unpaired) electrons. The number of hydrogen-bond acceptors (Lipinski definition) is 3. The first-order chi connectivity index (χ1) is 11.4. The van der Waals surface area contributed by atoms with Crippen LogP contribution in [-0.2, 0) is 9.59 Å². The molecule has 2 unspecified atom stereocenters. The van der Waals surface area contributed by atoms with Gasteiger partial charge >= 0.3 is 0 Å². The van der Waals surface area contributed by atoms with E-state index in [4.69, 9.17) is 4.74 Å². The van der Waals surface area contributed by atoms with Gasteiger partial charge in [-0.1, -0.05) is 26.0 Å². The molecule has 1 aromatic rings. The van der Waals surface area contributed by atoms with Crippen LogP contribution in [0.3, 0.4) is 0 Å². The molecule has 2 atom stereocenters. The highest BCUT2D eigenvalue weighted by molar-refractivity contribution is 6.01. The van der Waals surface area contributed by atoms with Crippen molar-refractivity contribution in [2.45, 2.75) is 46.1 Å². The maximum atomic E-state index is 12.5. The Kier molecular flexibility index (Phi) is 6.23. The molecule has 0 bridgehead atoms. The molecule has 1 heterocycles. The van der Waals surface area contributed by atoms with Gasteiger partial charge in [0.25, 0.3) is 0 Å². The van der Waals surface area contributed by atoms with E-state index in [-0.39, 0.29) is 30.2 Å². The number of amides is 2. The summed E-state index contributed by atoms with van der Waals surface area (Å²) in [5.74, 6) is 0.908. The van der Waals surface area contributed by atoms with E-state index in [9.17, 15) is 9.59 Å². The smallest absolute Gasteiger partial charge is 0.227 e. The summed E-state index contributed by atoms with van der Waals surface area (Å²) in [5.41, 5.74) is 0.730. The number of ether oxygens (including phenoxy) is 1. The molecule has 2 rings (SSSR count). The van der Waals surface area contributed by atoms with Crippen molar-refractivity contribution in [3.63, 3.8) is 0 Å². The number of hydrogen-bond donors (Lipinski definition) is 1. The molecule has 5 nitrogen and oxygen atoms in total. The molecule has 2 amide bonds. The predicted octanol–water partition coefficient (Wildman–Crippen LogP) is 2.99. The Morgan fingerprint density at radius 3 is 2.67 bits per heavy atom. The highest BCUT2D eigenvalue weighted by Gasteiger charge is 2.36. The zero-order valence-electron chi connectivity index (χ0n) is 15.0. The van der Waals surface area contributed by atoms with Crippen LogP contribution in [-0.4, -0.2) is 31.5 Å². The SMILES string of the molecule is COc1ccccc1N1CC(C(=O)NC(C)CCC(C)C)CC1=O. The number of rotatable bonds is 7. The lowest BCUT2D eigenvalue weighted by Crippen LogP contribution is -2.38. The molecule has 1 aromatic carbocycles. The van der Waals surface area contributed by atoms with E-state index in [1.807, 2.05) is 31.2 Å². The molecule has 0 aromatic heterocycles. The number of anilines is 1. The van der Waals surface area contributed by atoms with Crippen molar-refractivity contribution < 1.29 is 14.3 Å². The lowest BCUT2D eigenvalue weighted by molar-refractivity contribution is -0.126. The molecule has 1 N–H and O–H groups in total. The summed E-state index contributed by atoms with van der Waals surface area (Å²) < 4.78 is 5.33. The van der Waals surface area contributed by atoms with Crippen LogP contribution in [0.15, 0.2) is 24.3 Å². The summed E-state index contributed by atoms with van der Waals surface area (Å²) in [4.78, 5) is 26.5. The number of carbonyl (C=O) groups is 2. The van der Waals surface area contributed by atoms with E-state index in [2.05, 4.69) is 19.2 Å². The van der Waals surface area contributed by atoms with Crippen LogP contribution in [0.25, 0.3) is 0 Å². The molecule has 0 aliphatic carbocycles. The van der Waals surface area contributed by atoms with Gasteiger partial charge in [0.05, 0.1) is 18.7 Å². The normalized spacial score (nSPS) is 18.8. The van der Waals surface area contributed by atoms with Gasteiger partial charge in [-0.2, -0.15) is 0 Å². The minimum atomic E-state index is -0.302. The van der Waals surface area contributed by atoms with E-state index < -0.39 is 0 Å². The Hall–Kier alpha value is -2.04. The Morgan fingerprint density at radius 1 is 1.29 bits per heavy atom. The fourth-order valence-corrected chi connectivity index (χ4v) is 2.99. The van der Waals surface area contributed by atoms with Crippen molar-refractivity contribution >= 4 is 17.5 Å². The zero-order valence-corrected chi connectivity index (χ0v) is 15.0. The Morgan fingerprint density at radius 2 is 2.00 bits per heavy atom.